The molecule has 8 heteroatoms. The lowest BCUT2D eigenvalue weighted by atomic mass is 10.2. The van der Waals surface area contributed by atoms with Crippen LogP contribution in [0.3, 0.4) is 0 Å². The van der Waals surface area contributed by atoms with Gasteiger partial charge in [-0.15, -0.1) is 0 Å². The molecule has 2 aromatic heterocycles. The molecule has 132 valence electrons. The van der Waals surface area contributed by atoms with Crippen LogP contribution in [0.4, 0.5) is 11.6 Å². The Morgan fingerprint density at radius 2 is 1.96 bits per heavy atom. The standard InChI is InChI=1S/C18H18N6O2/c19-26-15-5-3-14(4-6-15)23-18-22-11-8-16(24-18)17(25)21-10-7-13-2-1-9-20-12-13/h1-6,8-9,11-12H,7,10,19H2,(H,21,25)(H,22,23,24). The molecule has 3 rings (SSSR count). The van der Waals surface area contributed by atoms with Gasteiger partial charge >= 0.3 is 0 Å². The lowest BCUT2D eigenvalue weighted by Gasteiger charge is -2.08. The van der Waals surface area contributed by atoms with Crippen LogP contribution in [-0.2, 0) is 6.42 Å². The molecule has 26 heavy (non-hydrogen) atoms. The highest BCUT2D eigenvalue weighted by Crippen LogP contribution is 2.17. The van der Waals surface area contributed by atoms with Crippen LogP contribution < -0.4 is 21.4 Å². The monoisotopic (exact) mass is 350 g/mol. The van der Waals surface area contributed by atoms with Crippen LogP contribution in [0.2, 0.25) is 0 Å². The van der Waals surface area contributed by atoms with Crippen molar-refractivity contribution in [3.63, 3.8) is 0 Å². The van der Waals surface area contributed by atoms with Crippen molar-refractivity contribution in [2.24, 2.45) is 5.90 Å². The van der Waals surface area contributed by atoms with Gasteiger partial charge in [-0.1, -0.05) is 6.07 Å². The topological polar surface area (TPSA) is 115 Å². The van der Waals surface area contributed by atoms with E-state index in [9.17, 15) is 4.79 Å². The molecule has 8 nitrogen and oxygen atoms in total. The molecule has 0 unspecified atom stereocenters. The average molecular weight is 350 g/mol. The lowest BCUT2D eigenvalue weighted by molar-refractivity contribution is 0.0949. The third-order valence-corrected chi connectivity index (χ3v) is 3.56. The Bertz CT molecular complexity index is 855. The third-order valence-electron chi connectivity index (χ3n) is 3.56. The summed E-state index contributed by atoms with van der Waals surface area (Å²) in [6.45, 7) is 0.498. The third kappa shape index (κ3) is 4.74. The Balaban J connectivity index is 1.58. The minimum Gasteiger partial charge on any atom is -0.412 e. The fourth-order valence-electron chi connectivity index (χ4n) is 2.25. The van der Waals surface area contributed by atoms with Gasteiger partial charge in [-0.25, -0.2) is 9.97 Å². The number of rotatable bonds is 7. The van der Waals surface area contributed by atoms with E-state index in [1.165, 1.54) is 6.20 Å². The first-order valence-electron chi connectivity index (χ1n) is 7.98. The number of carbonyl (C=O) groups excluding carboxylic acids is 1. The molecule has 0 saturated heterocycles. The van der Waals surface area contributed by atoms with Gasteiger partial charge in [-0.05, 0) is 48.4 Å². The van der Waals surface area contributed by atoms with Crippen molar-refractivity contribution in [3.8, 4) is 5.75 Å². The summed E-state index contributed by atoms with van der Waals surface area (Å²) < 4.78 is 0. The van der Waals surface area contributed by atoms with E-state index in [1.807, 2.05) is 12.1 Å². The second kappa shape index (κ2) is 8.54. The van der Waals surface area contributed by atoms with Crippen molar-refractivity contribution < 1.29 is 9.63 Å². The molecule has 0 aliphatic heterocycles. The maximum atomic E-state index is 12.2. The Kier molecular flexibility index (Phi) is 5.69. The summed E-state index contributed by atoms with van der Waals surface area (Å²) in [5.74, 6) is 5.70. The van der Waals surface area contributed by atoms with Gasteiger partial charge in [-0.3, -0.25) is 9.78 Å². The van der Waals surface area contributed by atoms with E-state index in [1.54, 1.807) is 42.7 Å². The van der Waals surface area contributed by atoms with Crippen LogP contribution >= 0.6 is 0 Å². The molecule has 0 bridgehead atoms. The molecule has 0 atom stereocenters. The number of hydrogen-bond acceptors (Lipinski definition) is 7. The number of nitrogens with one attached hydrogen (secondary N) is 2. The molecule has 0 spiro atoms. The van der Waals surface area contributed by atoms with Crippen molar-refractivity contribution in [2.75, 3.05) is 11.9 Å². The van der Waals surface area contributed by atoms with Gasteiger partial charge in [-0.2, -0.15) is 5.90 Å². The van der Waals surface area contributed by atoms with Gasteiger partial charge < -0.3 is 15.5 Å². The van der Waals surface area contributed by atoms with E-state index in [2.05, 4.69) is 30.4 Å². The Morgan fingerprint density at radius 3 is 2.69 bits per heavy atom. The fourth-order valence-corrected chi connectivity index (χ4v) is 2.25. The minimum absolute atomic E-state index is 0.258. The highest BCUT2D eigenvalue weighted by molar-refractivity contribution is 5.92. The molecular formula is C18H18N6O2. The van der Waals surface area contributed by atoms with E-state index in [0.717, 1.165) is 11.3 Å². The van der Waals surface area contributed by atoms with Crippen molar-refractivity contribution in [3.05, 3.63) is 72.3 Å². The Hall–Kier alpha value is -3.52. The van der Waals surface area contributed by atoms with Crippen LogP contribution in [0.25, 0.3) is 0 Å². The van der Waals surface area contributed by atoms with Crippen molar-refractivity contribution >= 4 is 17.5 Å². The van der Waals surface area contributed by atoms with Crippen LogP contribution in [0, 0.1) is 0 Å². The molecule has 0 fully saturated rings. The maximum absolute atomic E-state index is 12.2. The van der Waals surface area contributed by atoms with Crippen molar-refractivity contribution in [1.29, 1.82) is 0 Å². The van der Waals surface area contributed by atoms with Crippen LogP contribution in [0.5, 0.6) is 5.75 Å². The number of anilines is 2. The number of pyridine rings is 1. The zero-order valence-corrected chi connectivity index (χ0v) is 13.9. The van der Waals surface area contributed by atoms with Gasteiger partial charge in [0.15, 0.2) is 0 Å². The van der Waals surface area contributed by atoms with Gasteiger partial charge in [0.05, 0.1) is 0 Å². The zero-order chi connectivity index (χ0) is 18.2. The second-order valence-electron chi connectivity index (χ2n) is 5.40. The molecule has 1 aromatic carbocycles. The number of aromatic nitrogens is 3. The van der Waals surface area contributed by atoms with Gasteiger partial charge in [0.25, 0.3) is 5.91 Å². The Morgan fingerprint density at radius 1 is 1.12 bits per heavy atom. The van der Waals surface area contributed by atoms with Crippen molar-refractivity contribution in [2.45, 2.75) is 6.42 Å². The molecule has 0 aliphatic carbocycles. The Labute approximate surface area is 150 Å². The van der Waals surface area contributed by atoms with Crippen molar-refractivity contribution in [1.82, 2.24) is 20.3 Å². The number of nitrogens with zero attached hydrogens (tertiary/aromatic N) is 3. The summed E-state index contributed by atoms with van der Waals surface area (Å²) in [6, 6.07) is 12.3. The first-order valence-corrected chi connectivity index (χ1v) is 7.98. The normalized spacial score (nSPS) is 10.2. The predicted octanol–water partition coefficient (Wildman–Crippen LogP) is 1.84. The van der Waals surface area contributed by atoms with Crippen LogP contribution in [-0.4, -0.2) is 27.4 Å². The first kappa shape index (κ1) is 17.3. The molecule has 4 N–H and O–H groups in total. The van der Waals surface area contributed by atoms with E-state index >= 15 is 0 Å². The summed E-state index contributed by atoms with van der Waals surface area (Å²) in [6.07, 6.45) is 5.72. The predicted molar refractivity (Wildman–Crippen MR) is 96.8 cm³/mol. The average Bonchev–Trinajstić information content (AvgIpc) is 2.69. The second-order valence-corrected chi connectivity index (χ2v) is 5.40. The number of hydrogen-bond donors (Lipinski definition) is 3. The van der Waals surface area contributed by atoms with Crippen LogP contribution in [0.15, 0.2) is 61.1 Å². The van der Waals surface area contributed by atoms with Gasteiger partial charge in [0.1, 0.15) is 11.4 Å². The molecule has 2 heterocycles. The summed E-state index contributed by atoms with van der Waals surface area (Å²) in [4.78, 5) is 29.3. The summed E-state index contributed by atoms with van der Waals surface area (Å²) in [5.41, 5.74) is 2.10. The van der Waals surface area contributed by atoms with Gasteiger partial charge in [0, 0.05) is 30.8 Å². The lowest BCUT2D eigenvalue weighted by Crippen LogP contribution is -2.26. The number of carbonyl (C=O) groups is 1. The zero-order valence-electron chi connectivity index (χ0n) is 13.9. The smallest absolute Gasteiger partial charge is 0.270 e. The molecular weight excluding hydrogens is 332 g/mol. The number of amides is 1. The van der Waals surface area contributed by atoms with E-state index in [-0.39, 0.29) is 11.6 Å². The summed E-state index contributed by atoms with van der Waals surface area (Å²) >= 11 is 0. The fraction of sp³-hybridized carbons (Fsp3) is 0.111. The summed E-state index contributed by atoms with van der Waals surface area (Å²) in [5, 5.41) is 5.86. The number of benzene rings is 1. The van der Waals surface area contributed by atoms with Gasteiger partial charge in [0.2, 0.25) is 5.95 Å². The first-order chi connectivity index (χ1) is 12.7. The quantitative estimate of drug-likeness (QED) is 0.557. The van der Waals surface area contributed by atoms with E-state index in [0.29, 0.717) is 24.7 Å². The minimum atomic E-state index is -0.258. The van der Waals surface area contributed by atoms with Crippen LogP contribution in [0.1, 0.15) is 16.1 Å². The largest absolute Gasteiger partial charge is 0.412 e. The maximum Gasteiger partial charge on any atom is 0.270 e. The highest BCUT2D eigenvalue weighted by atomic mass is 16.6. The van der Waals surface area contributed by atoms with E-state index in [4.69, 9.17) is 5.90 Å². The van der Waals surface area contributed by atoms with E-state index < -0.39 is 0 Å². The molecule has 3 aromatic rings. The highest BCUT2D eigenvalue weighted by Gasteiger charge is 2.08. The number of nitrogens with two attached hydrogens (primary N) is 1. The SMILES string of the molecule is NOc1ccc(Nc2nccc(C(=O)NCCc3cccnc3)n2)cc1. The summed E-state index contributed by atoms with van der Waals surface area (Å²) in [7, 11) is 0. The molecule has 0 saturated carbocycles. The molecule has 0 radical (unpaired) electrons. The molecule has 0 aliphatic rings. The molecule has 1 amide bonds.